The molecule has 0 saturated carbocycles. The Bertz CT molecular complexity index is 874. The van der Waals surface area contributed by atoms with Crippen LogP contribution in [0.1, 0.15) is 29.8 Å². The molecule has 2 N–H and O–H groups in total. The Morgan fingerprint density at radius 3 is 2.74 bits per heavy atom. The Morgan fingerprint density at radius 1 is 1.22 bits per heavy atom. The zero-order chi connectivity index (χ0) is 18.8. The van der Waals surface area contributed by atoms with Crippen molar-refractivity contribution in [2.45, 2.75) is 25.9 Å². The second kappa shape index (κ2) is 7.44. The van der Waals surface area contributed by atoms with Gasteiger partial charge in [0.05, 0.1) is 37.0 Å². The van der Waals surface area contributed by atoms with Crippen molar-refractivity contribution in [1.82, 2.24) is 15.5 Å². The van der Waals surface area contributed by atoms with Gasteiger partial charge in [-0.25, -0.2) is 4.79 Å². The number of ether oxygens (including phenoxy) is 1. The van der Waals surface area contributed by atoms with Gasteiger partial charge in [-0.2, -0.15) is 0 Å². The van der Waals surface area contributed by atoms with E-state index in [1.54, 1.807) is 16.2 Å². The van der Waals surface area contributed by atoms with E-state index in [1.165, 1.54) is 0 Å². The molecule has 4 rings (SSSR count). The first kappa shape index (κ1) is 17.6. The highest BCUT2D eigenvalue weighted by Gasteiger charge is 2.40. The number of nitrogens with one attached hydrogen (secondary N) is 2. The summed E-state index contributed by atoms with van der Waals surface area (Å²) in [5.74, 6) is 0.745. The molecule has 27 heavy (non-hydrogen) atoms. The smallest absolute Gasteiger partial charge is 0.319 e. The molecule has 0 unspecified atom stereocenters. The molecule has 0 bridgehead atoms. The van der Waals surface area contributed by atoms with E-state index in [9.17, 15) is 9.59 Å². The highest BCUT2D eigenvalue weighted by molar-refractivity contribution is 7.09. The highest BCUT2D eigenvalue weighted by atomic mass is 32.1. The van der Waals surface area contributed by atoms with Crippen molar-refractivity contribution in [3.8, 4) is 5.75 Å². The molecule has 1 aromatic heterocycles. The van der Waals surface area contributed by atoms with Gasteiger partial charge in [0.25, 0.3) is 5.91 Å². The molecule has 0 radical (unpaired) electrons. The van der Waals surface area contributed by atoms with Gasteiger partial charge in [0.15, 0.2) is 0 Å². The monoisotopic (exact) mass is 383 g/mol. The molecule has 3 heterocycles. The number of thiophene rings is 1. The summed E-state index contributed by atoms with van der Waals surface area (Å²) in [6, 6.07) is 10.8. The maximum absolute atomic E-state index is 13.0. The predicted octanol–water partition coefficient (Wildman–Crippen LogP) is 3.19. The van der Waals surface area contributed by atoms with E-state index >= 15 is 0 Å². The van der Waals surface area contributed by atoms with E-state index in [2.05, 4.69) is 17.6 Å². The summed E-state index contributed by atoms with van der Waals surface area (Å²) < 4.78 is 5.62. The van der Waals surface area contributed by atoms with Crippen molar-refractivity contribution in [1.29, 1.82) is 0 Å². The Morgan fingerprint density at radius 2 is 2.04 bits per heavy atom. The number of rotatable bonds is 6. The average molecular weight is 383 g/mol. The van der Waals surface area contributed by atoms with Crippen LogP contribution in [0, 0.1) is 0 Å². The molecule has 0 spiro atoms. The predicted molar refractivity (Wildman–Crippen MR) is 103 cm³/mol. The number of urea groups is 1. The maximum Gasteiger partial charge on any atom is 0.319 e. The third-order valence-electron chi connectivity index (χ3n) is 4.63. The lowest BCUT2D eigenvalue weighted by Crippen LogP contribution is -2.44. The van der Waals surface area contributed by atoms with Gasteiger partial charge < -0.3 is 20.3 Å². The van der Waals surface area contributed by atoms with Gasteiger partial charge in [0.1, 0.15) is 5.75 Å². The third kappa shape index (κ3) is 3.55. The van der Waals surface area contributed by atoms with E-state index in [-0.39, 0.29) is 11.9 Å². The van der Waals surface area contributed by atoms with E-state index in [1.807, 2.05) is 41.8 Å². The normalized spacial score (nSPS) is 19.0. The Labute approximate surface area is 161 Å². The maximum atomic E-state index is 13.0. The number of carbonyl (C=O) groups excluding carboxylic acids is 2. The fourth-order valence-corrected chi connectivity index (χ4v) is 4.09. The van der Waals surface area contributed by atoms with Gasteiger partial charge in [-0.05, 0) is 35.6 Å². The van der Waals surface area contributed by atoms with Crippen molar-refractivity contribution in [3.05, 3.63) is 63.5 Å². The quantitative estimate of drug-likeness (QED) is 0.805. The minimum atomic E-state index is -0.449. The Hall–Kier alpha value is -2.80. The standard InChI is InChI=1S/C20H21N3O3S/c1-2-9-26-14-7-5-13(6-8-14)18-17-16(21-20(25)22-18)12-23(19(17)24)11-15-4-3-10-27-15/h3-8,10,18H,2,9,11-12H2,1H3,(H2,21,22,25)/t18-/m1/s1. The molecule has 1 atom stereocenters. The first-order valence-electron chi connectivity index (χ1n) is 9.00. The van der Waals surface area contributed by atoms with Crippen molar-refractivity contribution >= 4 is 23.3 Å². The summed E-state index contributed by atoms with van der Waals surface area (Å²) >= 11 is 1.62. The Balaban J connectivity index is 1.56. The van der Waals surface area contributed by atoms with Gasteiger partial charge in [0, 0.05) is 4.88 Å². The van der Waals surface area contributed by atoms with Crippen LogP contribution in [0.5, 0.6) is 5.75 Å². The first-order chi connectivity index (χ1) is 13.2. The molecule has 0 saturated heterocycles. The molecular formula is C20H21N3O3S. The minimum Gasteiger partial charge on any atom is -0.494 e. The number of hydrogen-bond donors (Lipinski definition) is 2. The van der Waals surface area contributed by atoms with Crippen molar-refractivity contribution in [2.24, 2.45) is 0 Å². The fourth-order valence-electron chi connectivity index (χ4n) is 3.37. The van der Waals surface area contributed by atoms with Gasteiger partial charge in [-0.15, -0.1) is 11.3 Å². The molecule has 2 aliphatic rings. The molecule has 3 amide bonds. The molecule has 2 aliphatic heterocycles. The van der Waals surface area contributed by atoms with Crippen molar-refractivity contribution in [2.75, 3.05) is 13.2 Å². The fraction of sp³-hybridized carbons (Fsp3) is 0.300. The second-order valence-corrected chi connectivity index (χ2v) is 7.61. The molecule has 7 heteroatoms. The van der Waals surface area contributed by atoms with Crippen LogP contribution in [0.15, 0.2) is 53.0 Å². The molecule has 2 aromatic rings. The minimum absolute atomic E-state index is 0.0396. The number of carbonyl (C=O) groups is 2. The third-order valence-corrected chi connectivity index (χ3v) is 5.49. The summed E-state index contributed by atoms with van der Waals surface area (Å²) in [4.78, 5) is 28.0. The zero-order valence-electron chi connectivity index (χ0n) is 15.0. The van der Waals surface area contributed by atoms with E-state index in [4.69, 9.17) is 4.74 Å². The van der Waals surface area contributed by atoms with Gasteiger partial charge >= 0.3 is 6.03 Å². The van der Waals surface area contributed by atoms with Crippen LogP contribution in [0.3, 0.4) is 0 Å². The highest BCUT2D eigenvalue weighted by Crippen LogP contribution is 2.34. The molecule has 140 valence electrons. The van der Waals surface area contributed by atoms with Gasteiger partial charge in [-0.1, -0.05) is 25.1 Å². The Kier molecular flexibility index (Phi) is 4.85. The molecule has 0 fully saturated rings. The number of amides is 3. The van der Waals surface area contributed by atoms with Crippen molar-refractivity contribution < 1.29 is 14.3 Å². The molecule has 1 aromatic carbocycles. The summed E-state index contributed by atoms with van der Waals surface area (Å²) in [6.45, 7) is 3.69. The van der Waals surface area contributed by atoms with Crippen LogP contribution in [-0.4, -0.2) is 30.0 Å². The number of benzene rings is 1. The van der Waals surface area contributed by atoms with E-state index < -0.39 is 6.04 Å². The van der Waals surface area contributed by atoms with Crippen LogP contribution >= 0.6 is 11.3 Å². The zero-order valence-corrected chi connectivity index (χ0v) is 15.8. The number of nitrogens with zero attached hydrogens (tertiary/aromatic N) is 1. The summed E-state index contributed by atoms with van der Waals surface area (Å²) in [7, 11) is 0. The average Bonchev–Trinajstić information content (AvgIpc) is 3.28. The number of hydrogen-bond acceptors (Lipinski definition) is 4. The lowest BCUT2D eigenvalue weighted by atomic mass is 9.96. The lowest BCUT2D eigenvalue weighted by Gasteiger charge is -2.25. The lowest BCUT2D eigenvalue weighted by molar-refractivity contribution is -0.126. The SMILES string of the molecule is CCCOc1ccc([C@H]2NC(=O)NC3=C2C(=O)N(Cc2cccs2)C3)cc1. The van der Waals surface area contributed by atoms with Gasteiger partial charge in [-0.3, -0.25) is 4.79 Å². The van der Waals surface area contributed by atoms with E-state index in [0.29, 0.717) is 31.0 Å². The second-order valence-electron chi connectivity index (χ2n) is 6.58. The summed E-state index contributed by atoms with van der Waals surface area (Å²) in [6.07, 6.45) is 0.941. The molecular weight excluding hydrogens is 362 g/mol. The van der Waals surface area contributed by atoms with Crippen LogP contribution < -0.4 is 15.4 Å². The van der Waals surface area contributed by atoms with Crippen LogP contribution in [0.4, 0.5) is 4.79 Å². The first-order valence-corrected chi connectivity index (χ1v) is 9.88. The topological polar surface area (TPSA) is 70.7 Å². The van der Waals surface area contributed by atoms with Crippen LogP contribution in [0.2, 0.25) is 0 Å². The van der Waals surface area contributed by atoms with Crippen LogP contribution in [-0.2, 0) is 11.3 Å². The van der Waals surface area contributed by atoms with E-state index in [0.717, 1.165) is 22.6 Å². The van der Waals surface area contributed by atoms with Gasteiger partial charge in [0.2, 0.25) is 0 Å². The molecule has 0 aliphatic carbocycles. The van der Waals surface area contributed by atoms with Crippen LogP contribution in [0.25, 0.3) is 0 Å². The summed E-state index contributed by atoms with van der Waals surface area (Å²) in [5.41, 5.74) is 2.18. The summed E-state index contributed by atoms with van der Waals surface area (Å²) in [5, 5.41) is 7.68. The largest absolute Gasteiger partial charge is 0.494 e. The molecule has 6 nitrogen and oxygen atoms in total. The van der Waals surface area contributed by atoms with Crippen molar-refractivity contribution in [3.63, 3.8) is 0 Å².